The van der Waals surface area contributed by atoms with Gasteiger partial charge < -0.3 is 4.52 Å². The normalized spacial score (nSPS) is 11.8. The van der Waals surface area contributed by atoms with E-state index in [2.05, 4.69) is 9.68 Å². The Bertz CT molecular complexity index is 507. The molecule has 1 aromatic carbocycles. The van der Waals surface area contributed by atoms with Crippen LogP contribution in [0.2, 0.25) is 5.02 Å². The Kier molecular flexibility index (Phi) is 3.11. The van der Waals surface area contributed by atoms with Gasteiger partial charge in [0.25, 0.3) is 0 Å². The zero-order valence-corrected chi connectivity index (χ0v) is 9.22. The van der Waals surface area contributed by atoms with Crippen molar-refractivity contribution in [1.82, 2.24) is 5.16 Å². The number of halogens is 4. The van der Waals surface area contributed by atoms with E-state index in [0.717, 1.165) is 0 Å². The van der Waals surface area contributed by atoms with E-state index in [1.54, 1.807) is 30.3 Å². The van der Waals surface area contributed by atoms with Crippen LogP contribution in [0.1, 0.15) is 5.76 Å². The summed E-state index contributed by atoms with van der Waals surface area (Å²) in [7, 11) is 0. The van der Waals surface area contributed by atoms with E-state index < -0.39 is 12.6 Å². The molecule has 0 aliphatic heterocycles. The topological polar surface area (TPSA) is 26.0 Å². The molecule has 0 unspecified atom stereocenters. The SMILES string of the molecule is FC(F)(F)Cc1onc(-c2ccccc2)c1Cl. The van der Waals surface area contributed by atoms with Crippen molar-refractivity contribution in [2.24, 2.45) is 0 Å². The summed E-state index contributed by atoms with van der Waals surface area (Å²) in [6.07, 6.45) is -5.58. The fourth-order valence-corrected chi connectivity index (χ4v) is 1.63. The lowest BCUT2D eigenvalue weighted by molar-refractivity contribution is -0.130. The fraction of sp³-hybridized carbons (Fsp3) is 0.182. The van der Waals surface area contributed by atoms with E-state index in [0.29, 0.717) is 5.56 Å². The number of hydrogen-bond acceptors (Lipinski definition) is 2. The monoisotopic (exact) mass is 261 g/mol. The number of nitrogens with zero attached hydrogens (tertiary/aromatic N) is 1. The second-order valence-corrected chi connectivity index (χ2v) is 3.80. The molecule has 0 spiro atoms. The maximum absolute atomic E-state index is 12.2. The second-order valence-electron chi connectivity index (χ2n) is 3.43. The van der Waals surface area contributed by atoms with E-state index in [4.69, 9.17) is 11.6 Å². The lowest BCUT2D eigenvalue weighted by Crippen LogP contribution is -2.11. The largest absolute Gasteiger partial charge is 0.396 e. The highest BCUT2D eigenvalue weighted by molar-refractivity contribution is 6.33. The maximum atomic E-state index is 12.2. The highest BCUT2D eigenvalue weighted by atomic mass is 35.5. The van der Waals surface area contributed by atoms with Gasteiger partial charge >= 0.3 is 6.18 Å². The predicted molar refractivity (Wildman–Crippen MR) is 56.7 cm³/mol. The first-order chi connectivity index (χ1) is 7.97. The molecule has 0 bridgehead atoms. The molecule has 17 heavy (non-hydrogen) atoms. The van der Waals surface area contributed by atoms with Crippen molar-refractivity contribution in [3.05, 3.63) is 41.1 Å². The van der Waals surface area contributed by atoms with Crippen LogP contribution in [0.15, 0.2) is 34.9 Å². The first kappa shape index (κ1) is 12.0. The van der Waals surface area contributed by atoms with Gasteiger partial charge in [-0.25, -0.2) is 0 Å². The Morgan fingerprint density at radius 2 is 1.82 bits per heavy atom. The van der Waals surface area contributed by atoms with Crippen molar-refractivity contribution >= 4 is 11.6 Å². The Morgan fingerprint density at radius 1 is 1.18 bits per heavy atom. The Hall–Kier alpha value is -1.49. The van der Waals surface area contributed by atoms with Crippen molar-refractivity contribution in [3.8, 4) is 11.3 Å². The van der Waals surface area contributed by atoms with E-state index in [-0.39, 0.29) is 16.5 Å². The number of rotatable bonds is 2. The predicted octanol–water partition coefficient (Wildman–Crippen LogP) is 4.10. The van der Waals surface area contributed by atoms with Gasteiger partial charge in [-0.2, -0.15) is 13.2 Å². The van der Waals surface area contributed by atoms with Crippen molar-refractivity contribution in [1.29, 1.82) is 0 Å². The first-order valence-corrected chi connectivity index (χ1v) is 5.11. The van der Waals surface area contributed by atoms with Crippen LogP contribution in [0.5, 0.6) is 0 Å². The van der Waals surface area contributed by atoms with Crippen molar-refractivity contribution in [2.75, 3.05) is 0 Å². The van der Waals surface area contributed by atoms with Gasteiger partial charge in [-0.1, -0.05) is 47.1 Å². The Morgan fingerprint density at radius 3 is 2.41 bits per heavy atom. The highest BCUT2D eigenvalue weighted by Crippen LogP contribution is 2.33. The maximum Gasteiger partial charge on any atom is 0.396 e. The molecule has 1 heterocycles. The van der Waals surface area contributed by atoms with Crippen LogP contribution in [-0.2, 0) is 6.42 Å². The van der Waals surface area contributed by atoms with Gasteiger partial charge in [-0.15, -0.1) is 0 Å². The standard InChI is InChI=1S/C11H7ClF3NO/c12-9-8(6-11(13,14)15)17-16-10(9)7-4-2-1-3-5-7/h1-5H,6H2. The quantitative estimate of drug-likeness (QED) is 0.813. The number of alkyl halides is 3. The third-order valence-electron chi connectivity index (χ3n) is 2.11. The van der Waals surface area contributed by atoms with Gasteiger partial charge in [0, 0.05) is 5.56 Å². The molecule has 1 aromatic heterocycles. The fourth-order valence-electron chi connectivity index (χ4n) is 1.38. The second kappa shape index (κ2) is 4.41. The van der Waals surface area contributed by atoms with Crippen LogP contribution in [0.4, 0.5) is 13.2 Å². The zero-order chi connectivity index (χ0) is 12.5. The first-order valence-electron chi connectivity index (χ1n) is 4.73. The molecule has 0 N–H and O–H groups in total. The summed E-state index contributed by atoms with van der Waals surface area (Å²) >= 11 is 5.81. The summed E-state index contributed by atoms with van der Waals surface area (Å²) in [5.41, 5.74) is 0.848. The summed E-state index contributed by atoms with van der Waals surface area (Å²) in [4.78, 5) is 0. The molecule has 0 amide bonds. The third-order valence-corrected chi connectivity index (χ3v) is 2.50. The summed E-state index contributed by atoms with van der Waals surface area (Å²) in [5.74, 6) is -0.363. The molecule has 90 valence electrons. The molecule has 0 aliphatic rings. The van der Waals surface area contributed by atoms with Gasteiger partial charge in [0.05, 0.1) is 0 Å². The molecule has 0 saturated carbocycles. The van der Waals surface area contributed by atoms with Gasteiger partial charge in [-0.05, 0) is 0 Å². The van der Waals surface area contributed by atoms with Crippen LogP contribution in [0.25, 0.3) is 11.3 Å². The van der Waals surface area contributed by atoms with Crippen LogP contribution < -0.4 is 0 Å². The van der Waals surface area contributed by atoms with Crippen LogP contribution in [-0.4, -0.2) is 11.3 Å². The Balaban J connectivity index is 2.34. The van der Waals surface area contributed by atoms with E-state index in [1.165, 1.54) is 0 Å². The molecule has 2 nitrogen and oxygen atoms in total. The van der Waals surface area contributed by atoms with Gasteiger partial charge in [-0.3, -0.25) is 0 Å². The molecule has 2 rings (SSSR count). The van der Waals surface area contributed by atoms with E-state index >= 15 is 0 Å². The minimum Gasteiger partial charge on any atom is -0.359 e. The van der Waals surface area contributed by atoms with Crippen molar-refractivity contribution < 1.29 is 17.7 Å². The highest BCUT2D eigenvalue weighted by Gasteiger charge is 2.32. The van der Waals surface area contributed by atoms with Gasteiger partial charge in [0.1, 0.15) is 17.1 Å². The molecule has 0 fully saturated rings. The molecule has 0 saturated heterocycles. The number of hydrogen-bond donors (Lipinski definition) is 0. The lowest BCUT2D eigenvalue weighted by atomic mass is 10.1. The lowest BCUT2D eigenvalue weighted by Gasteiger charge is -2.02. The summed E-state index contributed by atoms with van der Waals surface area (Å²) in [6, 6.07) is 8.66. The molecular formula is C11H7ClF3NO. The molecule has 2 aromatic rings. The average molecular weight is 262 g/mol. The Labute approximate surface area is 100.0 Å². The molecule has 0 radical (unpaired) electrons. The summed E-state index contributed by atoms with van der Waals surface area (Å²) < 4.78 is 41.2. The summed E-state index contributed by atoms with van der Waals surface area (Å²) in [6.45, 7) is 0. The third kappa shape index (κ3) is 2.79. The molecule has 6 heteroatoms. The molecule has 0 aliphatic carbocycles. The minimum absolute atomic E-state index is 0.0893. The van der Waals surface area contributed by atoms with Gasteiger partial charge in [0.2, 0.25) is 0 Å². The molecular weight excluding hydrogens is 255 g/mol. The van der Waals surface area contributed by atoms with Crippen molar-refractivity contribution in [3.63, 3.8) is 0 Å². The number of benzene rings is 1. The summed E-state index contributed by atoms with van der Waals surface area (Å²) in [5, 5.41) is 3.47. The van der Waals surface area contributed by atoms with Crippen LogP contribution in [0.3, 0.4) is 0 Å². The van der Waals surface area contributed by atoms with Gasteiger partial charge in [0.15, 0.2) is 5.76 Å². The average Bonchev–Trinajstić information content (AvgIpc) is 2.60. The van der Waals surface area contributed by atoms with Crippen LogP contribution in [0, 0.1) is 0 Å². The number of aromatic nitrogens is 1. The molecule has 0 atom stereocenters. The smallest absolute Gasteiger partial charge is 0.359 e. The van der Waals surface area contributed by atoms with E-state index in [1.807, 2.05) is 0 Å². The van der Waals surface area contributed by atoms with Crippen molar-refractivity contribution in [2.45, 2.75) is 12.6 Å². The van der Waals surface area contributed by atoms with E-state index in [9.17, 15) is 13.2 Å². The van der Waals surface area contributed by atoms with Crippen LogP contribution >= 0.6 is 11.6 Å². The zero-order valence-electron chi connectivity index (χ0n) is 8.46. The minimum atomic E-state index is -4.36.